The first-order valence-electron chi connectivity index (χ1n) is 18.6. The summed E-state index contributed by atoms with van der Waals surface area (Å²) in [6.07, 6.45) is 4.13. The first-order chi connectivity index (χ1) is 26.1. The van der Waals surface area contributed by atoms with E-state index in [0.29, 0.717) is 64.5 Å². The van der Waals surface area contributed by atoms with Crippen LogP contribution in [0.2, 0.25) is 0 Å². The van der Waals surface area contributed by atoms with Crippen LogP contribution in [0, 0.1) is 0 Å². The summed E-state index contributed by atoms with van der Waals surface area (Å²) in [4.78, 5) is 4.66. The van der Waals surface area contributed by atoms with Crippen LogP contribution < -0.4 is 33.1 Å². The van der Waals surface area contributed by atoms with E-state index in [9.17, 15) is 8.42 Å². The highest BCUT2D eigenvalue weighted by Gasteiger charge is 2.35. The number of methoxy groups -OCH3 is 4. The Labute approximate surface area is 319 Å². The maximum absolute atomic E-state index is 13.4. The van der Waals surface area contributed by atoms with E-state index in [4.69, 9.17) is 28.4 Å². The quantitative estimate of drug-likeness (QED) is 0.183. The topological polar surface area (TPSA) is 108 Å². The van der Waals surface area contributed by atoms with Gasteiger partial charge in [0.05, 0.1) is 39.9 Å². The molecule has 0 aliphatic carbocycles. The Morgan fingerprint density at radius 2 is 1.39 bits per heavy atom. The van der Waals surface area contributed by atoms with Crippen molar-refractivity contribution in [1.82, 2.24) is 9.80 Å². The number of nitrogens with zero attached hydrogens (tertiary/aromatic N) is 2. The second-order valence-electron chi connectivity index (χ2n) is 14.4. The van der Waals surface area contributed by atoms with Gasteiger partial charge in [0, 0.05) is 36.8 Å². The Balaban J connectivity index is 1.48. The molecule has 0 aromatic heterocycles. The molecule has 4 heterocycles. The first-order valence-corrected chi connectivity index (χ1v) is 20.3. The van der Waals surface area contributed by atoms with Crippen LogP contribution in [0.3, 0.4) is 0 Å². The van der Waals surface area contributed by atoms with Crippen molar-refractivity contribution < 1.29 is 36.8 Å². The van der Waals surface area contributed by atoms with E-state index in [2.05, 4.69) is 52.9 Å². The SMILES string of the molecule is CCCCS(=O)(=O)Nc1cc(OC)c2cc1C[C@H]1c3c(cc(OC)c(OC)c3Oc3cc4c(cc3OC)CCN(C)[C@H]4Cc3ccc(cc3)O2)CCN1C. The van der Waals surface area contributed by atoms with Crippen molar-refractivity contribution in [3.8, 4) is 46.0 Å². The number of fused-ring (bicyclic) bond motifs is 2. The Bertz CT molecular complexity index is 2120. The molecule has 1 N–H and O–H groups in total. The molecule has 0 amide bonds. The molecule has 54 heavy (non-hydrogen) atoms. The van der Waals surface area contributed by atoms with Gasteiger partial charge < -0.3 is 28.4 Å². The van der Waals surface area contributed by atoms with Gasteiger partial charge in [-0.2, -0.15) is 0 Å². The van der Waals surface area contributed by atoms with Crippen molar-refractivity contribution in [3.05, 3.63) is 88.0 Å². The van der Waals surface area contributed by atoms with E-state index < -0.39 is 10.0 Å². The Kier molecular flexibility index (Phi) is 10.9. The fraction of sp³-hybridized carbons (Fsp3) is 0.429. The Hall–Kier alpha value is -4.65. The zero-order valence-electron chi connectivity index (χ0n) is 32.3. The van der Waals surface area contributed by atoms with Crippen molar-refractivity contribution in [3.63, 3.8) is 0 Å². The molecule has 0 saturated heterocycles. The van der Waals surface area contributed by atoms with E-state index in [0.717, 1.165) is 61.0 Å². The minimum Gasteiger partial charge on any atom is -0.493 e. The molecule has 11 nitrogen and oxygen atoms in total. The van der Waals surface area contributed by atoms with Gasteiger partial charge in [-0.3, -0.25) is 14.5 Å². The predicted octanol–water partition coefficient (Wildman–Crippen LogP) is 7.70. The number of anilines is 1. The van der Waals surface area contributed by atoms with Gasteiger partial charge in [0.25, 0.3) is 0 Å². The molecule has 0 spiro atoms. The van der Waals surface area contributed by atoms with Crippen molar-refractivity contribution in [2.75, 3.05) is 66.1 Å². The standard InChI is InChI=1S/C42H51N3O8S/c1-8-9-18-54(46,47)43-32-25-36(49-5)37-23-29(32)20-34-40-28(15-17-45(34)3)22-39(50-6)41(51-7)42(40)53-38-24-31-27(21-35(38)48-4)14-16-44(2)33(31)19-26-10-12-30(52-37)13-11-26/h10-13,21-25,33-34,43H,8-9,14-20H2,1-7H3/t33-,34-/m0/s1. The monoisotopic (exact) mass is 757 g/mol. The van der Waals surface area contributed by atoms with Crippen LogP contribution in [0.25, 0.3) is 0 Å². The molecular weight excluding hydrogens is 707 g/mol. The molecule has 0 saturated carbocycles. The number of rotatable bonds is 9. The summed E-state index contributed by atoms with van der Waals surface area (Å²) < 4.78 is 67.1. The van der Waals surface area contributed by atoms with Gasteiger partial charge >= 0.3 is 0 Å². The van der Waals surface area contributed by atoms with Crippen LogP contribution >= 0.6 is 0 Å². The highest BCUT2D eigenvalue weighted by molar-refractivity contribution is 7.92. The molecule has 8 rings (SSSR count). The number of unbranched alkanes of at least 4 members (excludes halogenated alkanes) is 1. The van der Waals surface area contributed by atoms with E-state index in [1.807, 2.05) is 31.2 Å². The van der Waals surface area contributed by atoms with E-state index in [1.54, 1.807) is 34.5 Å². The summed E-state index contributed by atoms with van der Waals surface area (Å²) in [5, 5.41) is 0. The summed E-state index contributed by atoms with van der Waals surface area (Å²) in [5.41, 5.74) is 6.75. The lowest BCUT2D eigenvalue weighted by Crippen LogP contribution is -2.34. The van der Waals surface area contributed by atoms with Crippen LogP contribution in [0.15, 0.2) is 54.6 Å². The smallest absolute Gasteiger partial charge is 0.232 e. The molecular formula is C42H51N3O8S. The molecule has 0 unspecified atom stereocenters. The maximum Gasteiger partial charge on any atom is 0.232 e. The highest BCUT2D eigenvalue weighted by atomic mass is 32.2. The number of nitrogens with one attached hydrogen (secondary N) is 1. The highest BCUT2D eigenvalue weighted by Crippen LogP contribution is 2.52. The average Bonchev–Trinajstić information content (AvgIpc) is 3.16. The average molecular weight is 758 g/mol. The minimum atomic E-state index is -3.66. The summed E-state index contributed by atoms with van der Waals surface area (Å²) in [5.74, 6) is 4.35. The molecule has 0 fully saturated rings. The van der Waals surface area contributed by atoms with Gasteiger partial charge in [-0.25, -0.2) is 8.42 Å². The predicted molar refractivity (Wildman–Crippen MR) is 210 cm³/mol. The number of benzene rings is 4. The molecule has 2 atom stereocenters. The van der Waals surface area contributed by atoms with Crippen molar-refractivity contribution in [2.45, 2.75) is 57.5 Å². The molecule has 4 aromatic rings. The summed E-state index contributed by atoms with van der Waals surface area (Å²) in [6.45, 7) is 3.65. The van der Waals surface area contributed by atoms with Crippen LogP contribution in [0.4, 0.5) is 5.69 Å². The Morgan fingerprint density at radius 1 is 0.741 bits per heavy atom. The zero-order valence-corrected chi connectivity index (χ0v) is 33.1. The lowest BCUT2D eigenvalue weighted by Gasteiger charge is -2.37. The van der Waals surface area contributed by atoms with Gasteiger partial charge in [0.15, 0.2) is 34.5 Å². The maximum atomic E-state index is 13.4. The molecule has 288 valence electrons. The van der Waals surface area contributed by atoms with E-state index >= 15 is 0 Å². The third-order valence-electron chi connectivity index (χ3n) is 11.0. The van der Waals surface area contributed by atoms with Gasteiger partial charge in [0.1, 0.15) is 5.75 Å². The second kappa shape index (κ2) is 15.6. The normalized spacial score (nSPS) is 18.4. The lowest BCUT2D eigenvalue weighted by molar-refractivity contribution is 0.220. The number of likely N-dealkylation sites (N-methyl/N-ethyl adjacent to an activating group) is 2. The molecule has 6 bridgehead atoms. The number of hydrogen-bond donors (Lipinski definition) is 1. The molecule has 4 aliphatic heterocycles. The van der Waals surface area contributed by atoms with Gasteiger partial charge in [-0.15, -0.1) is 0 Å². The number of hydrogen-bond acceptors (Lipinski definition) is 10. The Morgan fingerprint density at radius 3 is 2.07 bits per heavy atom. The molecule has 4 aliphatic rings. The minimum absolute atomic E-state index is 0.0102. The van der Waals surface area contributed by atoms with Gasteiger partial charge in [0.2, 0.25) is 15.8 Å². The van der Waals surface area contributed by atoms with Crippen LogP contribution in [-0.2, 0) is 35.7 Å². The summed E-state index contributed by atoms with van der Waals surface area (Å²) in [6, 6.07) is 17.9. The van der Waals surface area contributed by atoms with Crippen LogP contribution in [0.5, 0.6) is 46.0 Å². The van der Waals surface area contributed by atoms with Crippen molar-refractivity contribution in [1.29, 1.82) is 0 Å². The number of ether oxygens (including phenoxy) is 6. The summed E-state index contributed by atoms with van der Waals surface area (Å²) in [7, 11) is 7.07. The van der Waals surface area contributed by atoms with Crippen molar-refractivity contribution in [2.24, 2.45) is 0 Å². The molecule has 0 radical (unpaired) electrons. The number of sulfonamides is 1. The molecule has 4 aromatic carbocycles. The third-order valence-corrected chi connectivity index (χ3v) is 12.4. The molecule has 12 heteroatoms. The fourth-order valence-electron chi connectivity index (χ4n) is 7.99. The summed E-state index contributed by atoms with van der Waals surface area (Å²) >= 11 is 0. The third kappa shape index (κ3) is 7.39. The van der Waals surface area contributed by atoms with Gasteiger partial charge in [-0.1, -0.05) is 25.5 Å². The largest absolute Gasteiger partial charge is 0.493 e. The fourth-order valence-corrected chi connectivity index (χ4v) is 9.29. The van der Waals surface area contributed by atoms with Crippen molar-refractivity contribution >= 4 is 15.7 Å². The zero-order chi connectivity index (χ0) is 38.1. The van der Waals surface area contributed by atoms with Gasteiger partial charge in [-0.05, 0) is 110 Å². The van der Waals surface area contributed by atoms with E-state index in [1.165, 1.54) is 11.1 Å². The second-order valence-corrected chi connectivity index (χ2v) is 16.2. The van der Waals surface area contributed by atoms with E-state index in [-0.39, 0.29) is 17.8 Å². The van der Waals surface area contributed by atoms with Crippen LogP contribution in [0.1, 0.15) is 65.2 Å². The van der Waals surface area contributed by atoms with Crippen LogP contribution in [-0.4, -0.2) is 79.6 Å². The lowest BCUT2D eigenvalue weighted by atomic mass is 9.87. The first kappa shape index (κ1) is 37.7.